The Morgan fingerprint density at radius 3 is 2.60 bits per heavy atom. The molecule has 0 saturated carbocycles. The van der Waals surface area contributed by atoms with Gasteiger partial charge in [0.1, 0.15) is 11.3 Å². The van der Waals surface area contributed by atoms with Gasteiger partial charge in [-0.05, 0) is 42.3 Å². The van der Waals surface area contributed by atoms with E-state index >= 15 is 0 Å². The molecule has 6 nitrogen and oxygen atoms in total. The van der Waals surface area contributed by atoms with E-state index in [-0.39, 0.29) is 0 Å². The van der Waals surface area contributed by atoms with Crippen LogP contribution in [-0.2, 0) is 11.2 Å². The van der Waals surface area contributed by atoms with E-state index in [1.165, 1.54) is 0 Å². The number of ether oxygens (including phenoxy) is 2. The third-order valence-electron chi connectivity index (χ3n) is 5.10. The van der Waals surface area contributed by atoms with E-state index in [0.717, 1.165) is 16.5 Å². The van der Waals surface area contributed by atoms with Crippen LogP contribution in [0.25, 0.3) is 11.0 Å². The first-order valence-electron chi connectivity index (χ1n) is 9.47. The molecule has 0 spiro atoms. The minimum atomic E-state index is -0.451. The SMILES string of the molecule is Cc1c(Cc2ccc(Cl)c(Cl)c2)c(=O)oc2cc(OC(=O)N3CCOCC3)ccc12. The molecule has 156 valence electrons. The molecule has 0 N–H and O–H groups in total. The van der Waals surface area contributed by atoms with E-state index in [1.807, 2.05) is 13.0 Å². The number of halogens is 2. The van der Waals surface area contributed by atoms with Crippen molar-refractivity contribution in [3.63, 3.8) is 0 Å². The zero-order valence-electron chi connectivity index (χ0n) is 16.2. The Hall–Kier alpha value is -2.54. The molecular formula is C22H19Cl2NO5. The molecule has 2 heterocycles. The Labute approximate surface area is 182 Å². The Kier molecular flexibility index (Phi) is 5.99. The molecule has 8 heteroatoms. The lowest BCUT2D eigenvalue weighted by atomic mass is 9.99. The van der Waals surface area contributed by atoms with Crippen molar-refractivity contribution in [3.8, 4) is 5.75 Å². The molecule has 1 amide bonds. The van der Waals surface area contributed by atoms with Crippen molar-refractivity contribution in [2.24, 2.45) is 0 Å². The highest BCUT2D eigenvalue weighted by Crippen LogP contribution is 2.27. The summed E-state index contributed by atoms with van der Waals surface area (Å²) in [7, 11) is 0. The van der Waals surface area contributed by atoms with Crippen LogP contribution in [-0.4, -0.2) is 37.3 Å². The first kappa shape index (κ1) is 20.7. The van der Waals surface area contributed by atoms with Gasteiger partial charge in [0.2, 0.25) is 0 Å². The normalized spacial score (nSPS) is 14.2. The molecule has 0 radical (unpaired) electrons. The molecule has 0 aliphatic carbocycles. The second-order valence-corrected chi connectivity index (χ2v) is 7.86. The largest absolute Gasteiger partial charge is 0.422 e. The average molecular weight is 448 g/mol. The molecule has 2 aromatic carbocycles. The molecule has 0 unspecified atom stereocenters. The number of rotatable bonds is 3. The van der Waals surface area contributed by atoms with Crippen LogP contribution in [0.15, 0.2) is 45.6 Å². The number of carbonyl (C=O) groups is 1. The van der Waals surface area contributed by atoms with Crippen LogP contribution in [0, 0.1) is 6.92 Å². The van der Waals surface area contributed by atoms with Crippen LogP contribution >= 0.6 is 23.2 Å². The highest BCUT2D eigenvalue weighted by Gasteiger charge is 2.19. The molecule has 1 saturated heterocycles. The van der Waals surface area contributed by atoms with E-state index < -0.39 is 11.7 Å². The molecule has 3 aromatic rings. The zero-order valence-corrected chi connectivity index (χ0v) is 17.8. The fourth-order valence-corrected chi connectivity index (χ4v) is 3.73. The lowest BCUT2D eigenvalue weighted by Crippen LogP contribution is -2.42. The van der Waals surface area contributed by atoms with Gasteiger partial charge in [0.25, 0.3) is 0 Å². The summed E-state index contributed by atoms with van der Waals surface area (Å²) in [6, 6.07) is 10.3. The maximum absolute atomic E-state index is 12.6. The number of aryl methyl sites for hydroxylation is 1. The Morgan fingerprint density at radius 1 is 1.10 bits per heavy atom. The van der Waals surface area contributed by atoms with Crippen molar-refractivity contribution < 1.29 is 18.7 Å². The van der Waals surface area contributed by atoms with Gasteiger partial charge < -0.3 is 18.8 Å². The van der Waals surface area contributed by atoms with Crippen LogP contribution in [0.1, 0.15) is 16.7 Å². The van der Waals surface area contributed by atoms with Gasteiger partial charge in [-0.15, -0.1) is 0 Å². The molecule has 4 rings (SSSR count). The zero-order chi connectivity index (χ0) is 21.3. The first-order chi connectivity index (χ1) is 14.4. The number of carbonyl (C=O) groups excluding carboxylic acids is 1. The lowest BCUT2D eigenvalue weighted by molar-refractivity contribution is 0.0416. The van der Waals surface area contributed by atoms with Crippen molar-refractivity contribution in [1.29, 1.82) is 0 Å². The van der Waals surface area contributed by atoms with Crippen molar-refractivity contribution in [2.75, 3.05) is 26.3 Å². The van der Waals surface area contributed by atoms with Gasteiger partial charge in [0, 0.05) is 36.5 Å². The van der Waals surface area contributed by atoms with Crippen LogP contribution in [0.4, 0.5) is 4.79 Å². The van der Waals surface area contributed by atoms with Crippen LogP contribution in [0.3, 0.4) is 0 Å². The minimum absolute atomic E-state index is 0.318. The summed E-state index contributed by atoms with van der Waals surface area (Å²) < 4.78 is 16.2. The number of nitrogens with zero attached hydrogens (tertiary/aromatic N) is 1. The molecule has 30 heavy (non-hydrogen) atoms. The number of benzene rings is 2. The number of amides is 1. The quantitative estimate of drug-likeness (QED) is 0.537. The number of hydrogen-bond donors (Lipinski definition) is 0. The predicted octanol–water partition coefficient (Wildman–Crippen LogP) is 4.83. The Bertz CT molecular complexity index is 1170. The van der Waals surface area contributed by atoms with Crippen LogP contribution in [0.5, 0.6) is 5.75 Å². The van der Waals surface area contributed by atoms with E-state index in [0.29, 0.717) is 59.7 Å². The summed E-state index contributed by atoms with van der Waals surface area (Å²) in [4.78, 5) is 26.5. The van der Waals surface area contributed by atoms with Crippen LogP contribution < -0.4 is 10.4 Å². The molecule has 1 aliphatic heterocycles. The van der Waals surface area contributed by atoms with Gasteiger partial charge in [-0.1, -0.05) is 29.3 Å². The summed E-state index contributed by atoms with van der Waals surface area (Å²) in [5, 5.41) is 1.67. The third kappa shape index (κ3) is 4.31. The third-order valence-corrected chi connectivity index (χ3v) is 5.84. The van der Waals surface area contributed by atoms with E-state index in [1.54, 1.807) is 35.2 Å². The molecule has 1 aliphatic rings. The molecular weight excluding hydrogens is 429 g/mol. The summed E-state index contributed by atoms with van der Waals surface area (Å²) >= 11 is 12.1. The fourth-order valence-electron chi connectivity index (χ4n) is 3.41. The molecule has 0 atom stereocenters. The van der Waals surface area contributed by atoms with Gasteiger partial charge in [-0.3, -0.25) is 0 Å². The summed E-state index contributed by atoms with van der Waals surface area (Å²) in [6.45, 7) is 3.81. The van der Waals surface area contributed by atoms with E-state index in [2.05, 4.69) is 0 Å². The maximum Gasteiger partial charge on any atom is 0.415 e. The first-order valence-corrected chi connectivity index (χ1v) is 10.2. The minimum Gasteiger partial charge on any atom is -0.422 e. The van der Waals surface area contributed by atoms with E-state index in [4.69, 9.17) is 37.1 Å². The van der Waals surface area contributed by atoms with Crippen molar-refractivity contribution in [3.05, 3.63) is 73.6 Å². The summed E-state index contributed by atoms with van der Waals surface area (Å²) in [5.74, 6) is 0.318. The fraction of sp³-hybridized carbons (Fsp3) is 0.273. The average Bonchev–Trinajstić information content (AvgIpc) is 2.74. The maximum atomic E-state index is 12.6. The summed E-state index contributed by atoms with van der Waals surface area (Å²) in [6.07, 6.45) is -0.0812. The Morgan fingerprint density at radius 2 is 1.87 bits per heavy atom. The Balaban J connectivity index is 1.61. The van der Waals surface area contributed by atoms with Gasteiger partial charge in [0.15, 0.2) is 0 Å². The van der Waals surface area contributed by atoms with Crippen molar-refractivity contribution >= 4 is 40.3 Å². The standard InChI is InChI=1S/C22H19Cl2NO5/c1-13-16-4-3-15(29-22(27)25-6-8-28-9-7-25)12-20(16)30-21(26)17(13)10-14-2-5-18(23)19(24)11-14/h2-5,11-12H,6-10H2,1H3. The van der Waals surface area contributed by atoms with Gasteiger partial charge >= 0.3 is 11.7 Å². The molecule has 1 aromatic heterocycles. The number of hydrogen-bond acceptors (Lipinski definition) is 5. The highest BCUT2D eigenvalue weighted by atomic mass is 35.5. The number of morpholine rings is 1. The van der Waals surface area contributed by atoms with Crippen molar-refractivity contribution in [2.45, 2.75) is 13.3 Å². The highest BCUT2D eigenvalue weighted by molar-refractivity contribution is 6.42. The lowest BCUT2D eigenvalue weighted by Gasteiger charge is -2.25. The number of fused-ring (bicyclic) bond motifs is 1. The smallest absolute Gasteiger partial charge is 0.415 e. The molecule has 1 fully saturated rings. The van der Waals surface area contributed by atoms with Gasteiger partial charge in [0.05, 0.1) is 23.3 Å². The van der Waals surface area contributed by atoms with Gasteiger partial charge in [-0.25, -0.2) is 9.59 Å². The summed E-state index contributed by atoms with van der Waals surface area (Å²) in [5.41, 5.74) is 2.12. The van der Waals surface area contributed by atoms with Crippen LogP contribution in [0.2, 0.25) is 10.0 Å². The van der Waals surface area contributed by atoms with Crippen molar-refractivity contribution in [1.82, 2.24) is 4.90 Å². The molecule has 0 bridgehead atoms. The second kappa shape index (κ2) is 8.68. The van der Waals surface area contributed by atoms with E-state index in [9.17, 15) is 9.59 Å². The monoisotopic (exact) mass is 447 g/mol. The second-order valence-electron chi connectivity index (χ2n) is 7.04. The van der Waals surface area contributed by atoms with Gasteiger partial charge in [-0.2, -0.15) is 0 Å². The predicted molar refractivity (Wildman–Crippen MR) is 115 cm³/mol. The topological polar surface area (TPSA) is 69.0 Å².